The number of nitrogens with zero attached hydrogens (tertiary/aromatic N) is 1. The molecule has 1 amide bonds. The molecule has 1 unspecified atom stereocenters. The first-order chi connectivity index (χ1) is 10.3. The quantitative estimate of drug-likeness (QED) is 0.801. The highest BCUT2D eigenvalue weighted by Crippen LogP contribution is 2.49. The van der Waals surface area contributed by atoms with E-state index >= 15 is 0 Å². The van der Waals surface area contributed by atoms with E-state index < -0.39 is 21.2 Å². The number of fused-ring (bicyclic) bond motifs is 1. The van der Waals surface area contributed by atoms with Gasteiger partial charge in [-0.05, 0) is 25.2 Å². The number of carbonyl (C=O) groups excluding carboxylic acids is 1. The fraction of sp³-hybridized carbons (Fsp3) is 0.857. The van der Waals surface area contributed by atoms with Crippen molar-refractivity contribution in [2.24, 2.45) is 11.3 Å². The van der Waals surface area contributed by atoms with Crippen molar-refractivity contribution in [3.63, 3.8) is 0 Å². The number of likely N-dealkylation sites (tertiary alicyclic amines) is 1. The summed E-state index contributed by atoms with van der Waals surface area (Å²) in [6, 6.07) is 0. The van der Waals surface area contributed by atoms with Crippen LogP contribution in [-0.2, 0) is 19.4 Å². The Bertz CT molecular complexity index is 590. The summed E-state index contributed by atoms with van der Waals surface area (Å²) in [6.07, 6.45) is 3.07. The van der Waals surface area contributed by atoms with E-state index in [0.29, 0.717) is 25.9 Å². The first-order valence-electron chi connectivity index (χ1n) is 7.66. The molecule has 22 heavy (non-hydrogen) atoms. The first kappa shape index (κ1) is 16.1. The lowest BCUT2D eigenvalue weighted by Crippen LogP contribution is -2.37. The van der Waals surface area contributed by atoms with E-state index in [1.165, 1.54) is 11.8 Å². The summed E-state index contributed by atoms with van der Waals surface area (Å²) in [5.74, 6) is -0.128. The van der Waals surface area contributed by atoms with E-state index in [1.54, 1.807) is 4.90 Å². The van der Waals surface area contributed by atoms with Gasteiger partial charge >= 0.3 is 5.97 Å². The van der Waals surface area contributed by atoms with Crippen LogP contribution >= 0.6 is 11.8 Å². The molecule has 0 bridgehead atoms. The molecule has 3 rings (SSSR count). The van der Waals surface area contributed by atoms with E-state index in [4.69, 9.17) is 0 Å². The fourth-order valence-corrected chi connectivity index (χ4v) is 7.55. The highest BCUT2D eigenvalue weighted by atomic mass is 32.2. The Hall–Kier alpha value is -0.760. The zero-order chi connectivity index (χ0) is 16.0. The number of hydrogen-bond donors (Lipinski definition) is 1. The van der Waals surface area contributed by atoms with Crippen molar-refractivity contribution in [1.82, 2.24) is 4.90 Å². The van der Waals surface area contributed by atoms with Gasteiger partial charge in [0.15, 0.2) is 9.84 Å². The fourth-order valence-electron chi connectivity index (χ4n) is 4.00. The molecule has 3 atom stereocenters. The van der Waals surface area contributed by atoms with Gasteiger partial charge in [0, 0.05) is 18.3 Å². The number of rotatable bonds is 4. The smallest absolute Gasteiger partial charge is 0.311 e. The minimum absolute atomic E-state index is 0.00415. The zero-order valence-corrected chi connectivity index (χ0v) is 14.0. The van der Waals surface area contributed by atoms with Gasteiger partial charge in [-0.3, -0.25) is 9.59 Å². The molecule has 0 spiro atoms. The van der Waals surface area contributed by atoms with E-state index in [1.807, 2.05) is 0 Å². The Morgan fingerprint density at radius 1 is 1.32 bits per heavy atom. The molecule has 3 aliphatic rings. The van der Waals surface area contributed by atoms with Gasteiger partial charge in [-0.1, -0.05) is 6.42 Å². The maximum atomic E-state index is 12.3. The molecule has 1 N–H and O–H groups in total. The maximum absolute atomic E-state index is 12.3. The number of amides is 1. The van der Waals surface area contributed by atoms with Crippen LogP contribution in [0.3, 0.4) is 0 Å². The Morgan fingerprint density at radius 2 is 2.09 bits per heavy atom. The molecule has 2 saturated heterocycles. The number of thioether (sulfide) groups is 1. The molecule has 2 heterocycles. The summed E-state index contributed by atoms with van der Waals surface area (Å²) >= 11 is 1.40. The molecule has 0 aromatic carbocycles. The number of hydrogen-bond acceptors (Lipinski definition) is 5. The third kappa shape index (κ3) is 2.87. The van der Waals surface area contributed by atoms with Gasteiger partial charge in [-0.25, -0.2) is 8.42 Å². The molecular weight excluding hydrogens is 326 g/mol. The molecule has 8 heteroatoms. The van der Waals surface area contributed by atoms with Gasteiger partial charge in [-0.15, -0.1) is 11.8 Å². The van der Waals surface area contributed by atoms with Crippen molar-refractivity contribution in [3.8, 4) is 0 Å². The van der Waals surface area contributed by atoms with Crippen LogP contribution in [0.1, 0.15) is 25.7 Å². The van der Waals surface area contributed by atoms with Crippen LogP contribution in [0.25, 0.3) is 0 Å². The van der Waals surface area contributed by atoms with Crippen LogP contribution in [0.15, 0.2) is 0 Å². The lowest BCUT2D eigenvalue weighted by Gasteiger charge is -2.23. The average Bonchev–Trinajstić information content (AvgIpc) is 3.07. The van der Waals surface area contributed by atoms with Gasteiger partial charge in [0.05, 0.1) is 22.7 Å². The minimum Gasteiger partial charge on any atom is -0.481 e. The second-order valence-electron chi connectivity index (χ2n) is 6.66. The predicted molar refractivity (Wildman–Crippen MR) is 83.5 cm³/mol. The van der Waals surface area contributed by atoms with Crippen molar-refractivity contribution in [1.29, 1.82) is 0 Å². The summed E-state index contributed by atoms with van der Waals surface area (Å²) in [6.45, 7) is 0.851. The number of carboxylic acids is 1. The SMILES string of the molecule is O=C(CSC1CCS(=O)(=O)C1)N1C[C@@H]2CCC[C@@]2(C(=O)O)C1. The van der Waals surface area contributed by atoms with Crippen molar-refractivity contribution >= 4 is 33.5 Å². The summed E-state index contributed by atoms with van der Waals surface area (Å²) < 4.78 is 22.8. The summed E-state index contributed by atoms with van der Waals surface area (Å²) in [7, 11) is -2.92. The summed E-state index contributed by atoms with van der Waals surface area (Å²) in [5, 5.41) is 9.53. The minimum atomic E-state index is -2.92. The second-order valence-corrected chi connectivity index (χ2v) is 10.2. The standard InChI is InChI=1S/C14H21NO5S2/c16-12(7-21-11-3-5-22(19,20)8-11)15-6-10-2-1-4-14(10,9-15)13(17)18/h10-11H,1-9H2,(H,17,18)/t10-,11?,14+/m0/s1. The maximum Gasteiger partial charge on any atom is 0.311 e. The first-order valence-corrected chi connectivity index (χ1v) is 10.5. The molecule has 0 radical (unpaired) electrons. The van der Waals surface area contributed by atoms with Crippen LogP contribution in [0.5, 0.6) is 0 Å². The Morgan fingerprint density at radius 3 is 2.68 bits per heavy atom. The van der Waals surface area contributed by atoms with E-state index in [-0.39, 0.29) is 34.3 Å². The predicted octanol–water partition coefficient (Wildman–Crippen LogP) is 0.620. The molecule has 3 fully saturated rings. The lowest BCUT2D eigenvalue weighted by atomic mass is 9.81. The van der Waals surface area contributed by atoms with Gasteiger partial charge in [0.25, 0.3) is 0 Å². The highest BCUT2D eigenvalue weighted by Gasteiger charge is 2.55. The van der Waals surface area contributed by atoms with Crippen LogP contribution in [-0.4, -0.2) is 65.9 Å². The van der Waals surface area contributed by atoms with E-state index in [9.17, 15) is 23.1 Å². The molecule has 1 aliphatic carbocycles. The van der Waals surface area contributed by atoms with Crippen LogP contribution < -0.4 is 0 Å². The van der Waals surface area contributed by atoms with Crippen molar-refractivity contribution < 1.29 is 23.1 Å². The van der Waals surface area contributed by atoms with Crippen LogP contribution in [0, 0.1) is 11.3 Å². The van der Waals surface area contributed by atoms with Crippen molar-refractivity contribution in [2.45, 2.75) is 30.9 Å². The van der Waals surface area contributed by atoms with Crippen molar-refractivity contribution in [2.75, 3.05) is 30.3 Å². The van der Waals surface area contributed by atoms with Gasteiger partial charge in [0.2, 0.25) is 5.91 Å². The van der Waals surface area contributed by atoms with Gasteiger partial charge in [-0.2, -0.15) is 0 Å². The normalized spacial score (nSPS) is 36.5. The summed E-state index contributed by atoms with van der Waals surface area (Å²) in [4.78, 5) is 25.6. The molecule has 124 valence electrons. The third-order valence-electron chi connectivity index (χ3n) is 5.28. The molecule has 1 saturated carbocycles. The highest BCUT2D eigenvalue weighted by molar-refractivity contribution is 8.02. The monoisotopic (exact) mass is 347 g/mol. The Labute approximate surface area is 134 Å². The number of carboxylic acid groups (broad SMARTS) is 1. The van der Waals surface area contributed by atoms with E-state index in [0.717, 1.165) is 12.8 Å². The molecular formula is C14H21NO5S2. The third-order valence-corrected chi connectivity index (χ3v) is 8.55. The number of carbonyl (C=O) groups is 2. The number of sulfone groups is 1. The lowest BCUT2D eigenvalue weighted by molar-refractivity contribution is -0.149. The van der Waals surface area contributed by atoms with Crippen LogP contribution in [0.2, 0.25) is 0 Å². The van der Waals surface area contributed by atoms with Gasteiger partial charge in [0.1, 0.15) is 0 Å². The van der Waals surface area contributed by atoms with E-state index in [2.05, 4.69) is 0 Å². The average molecular weight is 347 g/mol. The topological polar surface area (TPSA) is 91.8 Å². The largest absolute Gasteiger partial charge is 0.481 e. The van der Waals surface area contributed by atoms with Crippen molar-refractivity contribution in [3.05, 3.63) is 0 Å². The van der Waals surface area contributed by atoms with Gasteiger partial charge < -0.3 is 10.0 Å². The zero-order valence-electron chi connectivity index (χ0n) is 12.4. The second kappa shape index (κ2) is 5.70. The Balaban J connectivity index is 1.55. The molecule has 0 aromatic heterocycles. The molecule has 0 aromatic rings. The van der Waals surface area contributed by atoms with Crippen LogP contribution in [0.4, 0.5) is 0 Å². The number of aliphatic carboxylic acids is 1. The molecule has 6 nitrogen and oxygen atoms in total. The Kier molecular flexibility index (Phi) is 4.18. The summed E-state index contributed by atoms with van der Waals surface area (Å²) in [5.41, 5.74) is -0.739. The molecule has 2 aliphatic heterocycles.